The van der Waals surface area contributed by atoms with E-state index in [4.69, 9.17) is 4.42 Å². The van der Waals surface area contributed by atoms with Crippen molar-refractivity contribution in [1.29, 1.82) is 0 Å². The predicted molar refractivity (Wildman–Crippen MR) is 228 cm³/mol. The van der Waals surface area contributed by atoms with Crippen molar-refractivity contribution in [2.75, 3.05) is 4.90 Å². The van der Waals surface area contributed by atoms with Crippen LogP contribution in [0.4, 0.5) is 17.1 Å². The maximum Gasteiger partial charge on any atom is 0.159 e. The van der Waals surface area contributed by atoms with Gasteiger partial charge in [-0.05, 0) is 110 Å². The van der Waals surface area contributed by atoms with Crippen molar-refractivity contribution < 1.29 is 4.42 Å². The summed E-state index contributed by atoms with van der Waals surface area (Å²) in [6, 6.07) is 75.8. The Balaban J connectivity index is 1.02. The van der Waals surface area contributed by atoms with E-state index in [0.717, 1.165) is 44.6 Å². The van der Waals surface area contributed by atoms with Gasteiger partial charge in [0.05, 0.1) is 5.69 Å². The molecule has 0 unspecified atom stereocenters. The molecule has 2 nitrogen and oxygen atoms in total. The molecule has 0 atom stereocenters. The zero-order valence-electron chi connectivity index (χ0n) is 29.6. The van der Waals surface area contributed by atoms with Crippen LogP contribution in [-0.2, 0) is 0 Å². The fourth-order valence-electron chi connectivity index (χ4n) is 7.70. The van der Waals surface area contributed by atoms with Gasteiger partial charge in [0.15, 0.2) is 5.58 Å². The molecule has 0 saturated carbocycles. The van der Waals surface area contributed by atoms with Crippen molar-refractivity contribution in [2.45, 2.75) is 0 Å². The normalized spacial score (nSPS) is 11.3. The van der Waals surface area contributed by atoms with Crippen LogP contribution in [-0.4, -0.2) is 0 Å². The van der Waals surface area contributed by atoms with Crippen molar-refractivity contribution in [2.24, 2.45) is 0 Å². The minimum absolute atomic E-state index is 0.869. The SMILES string of the molecule is c1ccc(-c2ccc(N(c3ccc(-c4cccc(-c5cccc(-c6ccc7ccccc7c6)c5)c4)cc3)c3cccc4c3oc3ccccc34)cc2)cc1. The zero-order valence-corrected chi connectivity index (χ0v) is 29.6. The van der Waals surface area contributed by atoms with Crippen LogP contribution in [0.2, 0.25) is 0 Å². The number of rotatable bonds is 7. The molecule has 10 rings (SSSR count). The molecule has 54 heavy (non-hydrogen) atoms. The fourth-order valence-corrected chi connectivity index (χ4v) is 7.70. The minimum atomic E-state index is 0.869. The minimum Gasteiger partial charge on any atom is -0.454 e. The van der Waals surface area contributed by atoms with Gasteiger partial charge in [-0.1, -0.05) is 158 Å². The first kappa shape index (κ1) is 31.6. The summed E-state index contributed by atoms with van der Waals surface area (Å²) in [5.41, 5.74) is 14.4. The number of nitrogens with zero attached hydrogens (tertiary/aromatic N) is 1. The number of hydrogen-bond donors (Lipinski definition) is 0. The van der Waals surface area contributed by atoms with Crippen LogP contribution in [0.5, 0.6) is 0 Å². The van der Waals surface area contributed by atoms with Crippen LogP contribution in [0, 0.1) is 0 Å². The third kappa shape index (κ3) is 5.81. The van der Waals surface area contributed by atoms with Gasteiger partial charge in [0.25, 0.3) is 0 Å². The van der Waals surface area contributed by atoms with E-state index >= 15 is 0 Å². The average Bonchev–Trinajstić information content (AvgIpc) is 3.64. The van der Waals surface area contributed by atoms with Gasteiger partial charge in [0.1, 0.15) is 5.58 Å². The molecule has 0 radical (unpaired) electrons. The van der Waals surface area contributed by atoms with Crippen molar-refractivity contribution in [3.8, 4) is 44.5 Å². The third-order valence-electron chi connectivity index (χ3n) is 10.5. The molecule has 0 fully saturated rings. The second-order valence-electron chi connectivity index (χ2n) is 13.8. The first-order valence-electron chi connectivity index (χ1n) is 18.4. The molecule has 0 saturated heterocycles. The molecule has 1 heterocycles. The molecule has 0 aliphatic carbocycles. The Morgan fingerprint density at radius 3 is 1.44 bits per heavy atom. The van der Waals surface area contributed by atoms with Crippen LogP contribution >= 0.6 is 0 Å². The van der Waals surface area contributed by atoms with Crippen molar-refractivity contribution >= 4 is 49.8 Å². The van der Waals surface area contributed by atoms with Gasteiger partial charge in [-0.2, -0.15) is 0 Å². The van der Waals surface area contributed by atoms with Gasteiger partial charge >= 0.3 is 0 Å². The standard InChI is InChI=1S/C52H35NO/c1-2-11-36(12-3-1)38-25-29-46(30-26-38)53(50-21-10-20-49-48-19-6-7-22-51(48)54-52(49)50)47-31-27-39(28-32-47)41-15-8-16-42(33-41)43-17-9-18-44(35-43)45-24-23-37-13-4-5-14-40(37)34-45/h1-35H. The lowest BCUT2D eigenvalue weighted by atomic mass is 9.95. The highest BCUT2D eigenvalue weighted by atomic mass is 16.3. The van der Waals surface area contributed by atoms with Gasteiger partial charge in [0.2, 0.25) is 0 Å². The smallest absolute Gasteiger partial charge is 0.159 e. The van der Waals surface area contributed by atoms with Crippen LogP contribution < -0.4 is 4.90 Å². The van der Waals surface area contributed by atoms with E-state index in [1.165, 1.54) is 49.7 Å². The summed E-state index contributed by atoms with van der Waals surface area (Å²) in [6.07, 6.45) is 0. The third-order valence-corrected chi connectivity index (χ3v) is 10.5. The van der Waals surface area contributed by atoms with Crippen LogP contribution in [0.25, 0.3) is 77.2 Å². The summed E-state index contributed by atoms with van der Waals surface area (Å²) in [6.45, 7) is 0. The Morgan fingerprint density at radius 1 is 0.296 bits per heavy atom. The summed E-state index contributed by atoms with van der Waals surface area (Å²) in [4.78, 5) is 2.30. The Hall–Kier alpha value is -7.16. The maximum atomic E-state index is 6.56. The second kappa shape index (κ2) is 13.4. The molecule has 2 heteroatoms. The van der Waals surface area contributed by atoms with Crippen molar-refractivity contribution in [3.05, 3.63) is 212 Å². The Kier molecular flexibility index (Phi) is 7.85. The van der Waals surface area contributed by atoms with Gasteiger partial charge in [-0.25, -0.2) is 0 Å². The van der Waals surface area contributed by atoms with E-state index in [-0.39, 0.29) is 0 Å². The van der Waals surface area contributed by atoms with Crippen LogP contribution in [0.1, 0.15) is 0 Å². The topological polar surface area (TPSA) is 16.4 Å². The lowest BCUT2D eigenvalue weighted by molar-refractivity contribution is 0.669. The highest BCUT2D eigenvalue weighted by Gasteiger charge is 2.19. The quantitative estimate of drug-likeness (QED) is 0.166. The van der Waals surface area contributed by atoms with E-state index in [0.29, 0.717) is 0 Å². The number of benzene rings is 9. The Morgan fingerprint density at radius 2 is 0.759 bits per heavy atom. The summed E-state index contributed by atoms with van der Waals surface area (Å²) in [7, 11) is 0. The van der Waals surface area contributed by atoms with Crippen LogP contribution in [0.3, 0.4) is 0 Å². The molecule has 9 aromatic carbocycles. The molecule has 0 aliphatic heterocycles. The lowest BCUT2D eigenvalue weighted by Gasteiger charge is -2.26. The number of anilines is 3. The molecular weight excluding hydrogens is 655 g/mol. The lowest BCUT2D eigenvalue weighted by Crippen LogP contribution is -2.10. The molecule has 0 amide bonds. The molecular formula is C52H35NO. The molecule has 254 valence electrons. The number of hydrogen-bond acceptors (Lipinski definition) is 2. The summed E-state index contributed by atoms with van der Waals surface area (Å²) >= 11 is 0. The average molecular weight is 690 g/mol. The molecule has 0 spiro atoms. The molecule has 10 aromatic rings. The Bertz CT molecular complexity index is 2920. The summed E-state index contributed by atoms with van der Waals surface area (Å²) < 4.78 is 6.56. The fraction of sp³-hybridized carbons (Fsp3) is 0. The van der Waals surface area contributed by atoms with E-state index in [1.807, 2.05) is 12.1 Å². The van der Waals surface area contributed by atoms with Gasteiger partial charge in [-0.15, -0.1) is 0 Å². The maximum absolute atomic E-state index is 6.56. The van der Waals surface area contributed by atoms with E-state index in [1.54, 1.807) is 0 Å². The highest BCUT2D eigenvalue weighted by molar-refractivity contribution is 6.10. The first-order valence-corrected chi connectivity index (χ1v) is 18.4. The van der Waals surface area contributed by atoms with Gasteiger partial charge in [-0.3, -0.25) is 0 Å². The molecule has 0 N–H and O–H groups in total. The molecule has 1 aromatic heterocycles. The number of fused-ring (bicyclic) bond motifs is 4. The van der Waals surface area contributed by atoms with Crippen molar-refractivity contribution in [1.82, 2.24) is 0 Å². The predicted octanol–water partition coefficient (Wildman–Crippen LogP) is 14.9. The first-order chi connectivity index (χ1) is 26.7. The van der Waals surface area contributed by atoms with Crippen LogP contribution in [0.15, 0.2) is 217 Å². The summed E-state index contributed by atoms with van der Waals surface area (Å²) in [5.74, 6) is 0. The Labute approximate surface area is 314 Å². The monoisotopic (exact) mass is 689 g/mol. The second-order valence-corrected chi connectivity index (χ2v) is 13.8. The van der Waals surface area contributed by atoms with E-state index in [2.05, 4.69) is 205 Å². The van der Waals surface area contributed by atoms with E-state index in [9.17, 15) is 0 Å². The van der Waals surface area contributed by atoms with Gasteiger partial charge in [0, 0.05) is 22.1 Å². The van der Waals surface area contributed by atoms with Crippen molar-refractivity contribution in [3.63, 3.8) is 0 Å². The summed E-state index contributed by atoms with van der Waals surface area (Å²) in [5, 5.41) is 4.73. The van der Waals surface area contributed by atoms with E-state index < -0.39 is 0 Å². The highest BCUT2D eigenvalue weighted by Crippen LogP contribution is 2.43. The molecule has 0 bridgehead atoms. The number of para-hydroxylation sites is 2. The largest absolute Gasteiger partial charge is 0.454 e. The molecule has 0 aliphatic rings. The van der Waals surface area contributed by atoms with Gasteiger partial charge < -0.3 is 9.32 Å². The number of furan rings is 1. The zero-order chi connectivity index (χ0) is 35.8.